The molecule has 0 fully saturated rings. The summed E-state index contributed by atoms with van der Waals surface area (Å²) in [6.07, 6.45) is 0. The summed E-state index contributed by atoms with van der Waals surface area (Å²) < 4.78 is 2.66. The van der Waals surface area contributed by atoms with Crippen molar-refractivity contribution in [2.24, 2.45) is 0 Å². The molecule has 0 atom stereocenters. The third-order valence-electron chi connectivity index (χ3n) is 2.30. The van der Waals surface area contributed by atoms with Crippen molar-refractivity contribution in [2.45, 2.75) is 13.8 Å². The van der Waals surface area contributed by atoms with Crippen LogP contribution >= 0.6 is 15.9 Å². The van der Waals surface area contributed by atoms with E-state index < -0.39 is 0 Å². The molecule has 0 bridgehead atoms. The Morgan fingerprint density at radius 3 is 2.44 bits per heavy atom. The largest absolute Gasteiger partial charge is 0.293 e. The molecule has 1 aromatic heterocycles. The summed E-state index contributed by atoms with van der Waals surface area (Å²) in [5.74, 6) is -0.0686. The van der Waals surface area contributed by atoms with E-state index in [0.717, 1.165) is 15.9 Å². The summed E-state index contributed by atoms with van der Waals surface area (Å²) in [6.45, 7) is 3.32. The molecule has 0 amide bonds. The van der Waals surface area contributed by atoms with Crippen LogP contribution in [0.5, 0.6) is 0 Å². The van der Waals surface area contributed by atoms with Crippen molar-refractivity contribution < 1.29 is 4.79 Å². The van der Waals surface area contributed by atoms with Crippen LogP contribution in [0.2, 0.25) is 0 Å². The molecule has 0 aliphatic rings. The van der Waals surface area contributed by atoms with E-state index in [0.29, 0.717) is 5.69 Å². The van der Waals surface area contributed by atoms with Crippen molar-refractivity contribution in [3.8, 4) is 5.69 Å². The van der Waals surface area contributed by atoms with E-state index in [2.05, 4.69) is 26.2 Å². The monoisotopic (exact) mass is 279 g/mol. The molecule has 5 heteroatoms. The molecule has 1 heterocycles. The summed E-state index contributed by atoms with van der Waals surface area (Å²) >= 11 is 3.37. The Hall–Kier alpha value is -1.49. The number of halogens is 1. The van der Waals surface area contributed by atoms with Gasteiger partial charge < -0.3 is 0 Å². The molecule has 0 radical (unpaired) electrons. The number of hydrogen-bond donors (Lipinski definition) is 0. The third kappa shape index (κ3) is 1.90. The Labute approximate surface area is 101 Å². The first-order valence-electron chi connectivity index (χ1n) is 4.79. The second kappa shape index (κ2) is 4.17. The second-order valence-electron chi connectivity index (χ2n) is 3.47. The van der Waals surface area contributed by atoms with Gasteiger partial charge in [-0.25, -0.2) is 4.68 Å². The number of benzene rings is 1. The molecule has 0 aliphatic heterocycles. The lowest BCUT2D eigenvalue weighted by Gasteiger charge is -2.02. The molecule has 16 heavy (non-hydrogen) atoms. The Morgan fingerprint density at radius 2 is 1.94 bits per heavy atom. The van der Waals surface area contributed by atoms with Crippen LogP contribution in [0.15, 0.2) is 28.7 Å². The van der Waals surface area contributed by atoms with Crippen LogP contribution < -0.4 is 0 Å². The molecule has 0 unspecified atom stereocenters. The quantitative estimate of drug-likeness (QED) is 0.794. The normalized spacial score (nSPS) is 10.4. The van der Waals surface area contributed by atoms with Gasteiger partial charge in [0.2, 0.25) is 0 Å². The van der Waals surface area contributed by atoms with Crippen molar-refractivity contribution in [3.63, 3.8) is 0 Å². The lowest BCUT2D eigenvalue weighted by molar-refractivity contribution is 0.101. The van der Waals surface area contributed by atoms with E-state index in [4.69, 9.17) is 0 Å². The van der Waals surface area contributed by atoms with Crippen LogP contribution in [0, 0.1) is 6.92 Å². The third-order valence-corrected chi connectivity index (χ3v) is 2.83. The Balaban J connectivity index is 2.49. The smallest absolute Gasteiger partial charge is 0.181 e. The Bertz CT molecular complexity index is 531. The highest BCUT2D eigenvalue weighted by atomic mass is 79.9. The van der Waals surface area contributed by atoms with Crippen LogP contribution in [-0.4, -0.2) is 20.8 Å². The van der Waals surface area contributed by atoms with Gasteiger partial charge in [-0.2, -0.15) is 0 Å². The van der Waals surface area contributed by atoms with Gasteiger partial charge in [0.1, 0.15) is 0 Å². The van der Waals surface area contributed by atoms with Crippen LogP contribution in [0.1, 0.15) is 23.1 Å². The summed E-state index contributed by atoms with van der Waals surface area (Å²) in [5.41, 5.74) is 2.07. The van der Waals surface area contributed by atoms with Gasteiger partial charge in [0.25, 0.3) is 0 Å². The number of ketones is 1. The molecule has 1 aromatic carbocycles. The number of rotatable bonds is 2. The van der Waals surface area contributed by atoms with Gasteiger partial charge in [0.15, 0.2) is 11.5 Å². The van der Waals surface area contributed by atoms with Gasteiger partial charge in [-0.3, -0.25) is 4.79 Å². The molecule has 2 aromatic rings. The number of carbonyl (C=O) groups excluding carboxylic acids is 1. The van der Waals surface area contributed by atoms with Crippen molar-refractivity contribution in [3.05, 3.63) is 40.1 Å². The number of Topliss-reactive ketones (excluding diaryl/α,β-unsaturated/α-hetero) is 1. The summed E-state index contributed by atoms with van der Waals surface area (Å²) in [5, 5.41) is 7.83. The SMILES string of the molecule is CC(=O)c1nnn(-c2ccc(Br)cc2)c1C. The first kappa shape index (κ1) is 11.0. The number of nitrogens with zero attached hydrogens (tertiary/aromatic N) is 3. The molecule has 0 aliphatic carbocycles. The van der Waals surface area contributed by atoms with E-state index in [9.17, 15) is 4.79 Å². The fraction of sp³-hybridized carbons (Fsp3) is 0.182. The van der Waals surface area contributed by atoms with Crippen LogP contribution in [0.3, 0.4) is 0 Å². The van der Waals surface area contributed by atoms with Crippen molar-refractivity contribution in [1.82, 2.24) is 15.0 Å². The first-order valence-corrected chi connectivity index (χ1v) is 5.58. The molecule has 2 rings (SSSR count). The maximum Gasteiger partial charge on any atom is 0.181 e. The number of aromatic nitrogens is 3. The molecule has 0 saturated carbocycles. The van der Waals surface area contributed by atoms with Crippen LogP contribution in [-0.2, 0) is 0 Å². The van der Waals surface area contributed by atoms with E-state index in [1.165, 1.54) is 6.92 Å². The molecular formula is C11H10BrN3O. The van der Waals surface area contributed by atoms with Crippen LogP contribution in [0.25, 0.3) is 5.69 Å². The standard InChI is InChI=1S/C11H10BrN3O/c1-7-11(8(2)16)13-14-15(7)10-5-3-9(12)4-6-10/h3-6H,1-2H3. The van der Waals surface area contributed by atoms with Gasteiger partial charge in [-0.1, -0.05) is 21.1 Å². The van der Waals surface area contributed by atoms with E-state index in [-0.39, 0.29) is 5.78 Å². The summed E-state index contributed by atoms with van der Waals surface area (Å²) in [6, 6.07) is 7.67. The summed E-state index contributed by atoms with van der Waals surface area (Å²) in [7, 11) is 0. The predicted molar refractivity (Wildman–Crippen MR) is 63.8 cm³/mol. The fourth-order valence-corrected chi connectivity index (χ4v) is 1.75. The van der Waals surface area contributed by atoms with Gasteiger partial charge in [0.05, 0.1) is 11.4 Å². The topological polar surface area (TPSA) is 47.8 Å². The average molecular weight is 280 g/mol. The molecule has 82 valence electrons. The number of hydrogen-bond acceptors (Lipinski definition) is 3. The molecular weight excluding hydrogens is 270 g/mol. The van der Waals surface area contributed by atoms with Crippen LogP contribution in [0.4, 0.5) is 0 Å². The lowest BCUT2D eigenvalue weighted by Crippen LogP contribution is -2.00. The molecule has 0 saturated heterocycles. The van der Waals surface area contributed by atoms with E-state index in [1.54, 1.807) is 4.68 Å². The highest BCUT2D eigenvalue weighted by Gasteiger charge is 2.13. The first-order chi connectivity index (χ1) is 7.59. The van der Waals surface area contributed by atoms with Gasteiger partial charge in [0, 0.05) is 11.4 Å². The number of carbonyl (C=O) groups is 1. The highest BCUT2D eigenvalue weighted by molar-refractivity contribution is 9.10. The van der Waals surface area contributed by atoms with Crippen molar-refractivity contribution in [1.29, 1.82) is 0 Å². The zero-order chi connectivity index (χ0) is 11.7. The minimum Gasteiger partial charge on any atom is -0.293 e. The van der Waals surface area contributed by atoms with Gasteiger partial charge in [-0.05, 0) is 31.2 Å². The molecule has 0 spiro atoms. The zero-order valence-electron chi connectivity index (χ0n) is 8.94. The summed E-state index contributed by atoms with van der Waals surface area (Å²) in [4.78, 5) is 11.2. The predicted octanol–water partition coefficient (Wildman–Crippen LogP) is 2.54. The maximum absolute atomic E-state index is 11.2. The van der Waals surface area contributed by atoms with E-state index >= 15 is 0 Å². The maximum atomic E-state index is 11.2. The van der Waals surface area contributed by atoms with Gasteiger partial charge >= 0.3 is 0 Å². The minimum atomic E-state index is -0.0686. The van der Waals surface area contributed by atoms with E-state index in [1.807, 2.05) is 31.2 Å². The Morgan fingerprint density at radius 1 is 1.31 bits per heavy atom. The average Bonchev–Trinajstić information content (AvgIpc) is 2.61. The fourth-order valence-electron chi connectivity index (χ4n) is 1.48. The lowest BCUT2D eigenvalue weighted by atomic mass is 10.2. The second-order valence-corrected chi connectivity index (χ2v) is 4.38. The highest BCUT2D eigenvalue weighted by Crippen LogP contribution is 2.16. The zero-order valence-corrected chi connectivity index (χ0v) is 10.5. The van der Waals surface area contributed by atoms with Crippen molar-refractivity contribution >= 4 is 21.7 Å². The minimum absolute atomic E-state index is 0.0686. The molecule has 4 nitrogen and oxygen atoms in total. The van der Waals surface area contributed by atoms with Gasteiger partial charge in [-0.15, -0.1) is 5.10 Å². The molecule has 0 N–H and O–H groups in total. The Kier molecular flexibility index (Phi) is 2.87. The van der Waals surface area contributed by atoms with Crippen molar-refractivity contribution in [2.75, 3.05) is 0 Å².